The second kappa shape index (κ2) is 5.74. The summed E-state index contributed by atoms with van der Waals surface area (Å²) in [6, 6.07) is 12.2. The van der Waals surface area contributed by atoms with Gasteiger partial charge in [0, 0.05) is 10.2 Å². The van der Waals surface area contributed by atoms with E-state index < -0.39 is 0 Å². The largest absolute Gasteiger partial charge is 0.322 e. The molecule has 0 saturated carbocycles. The predicted octanol–water partition coefficient (Wildman–Crippen LogP) is 5.01. The van der Waals surface area contributed by atoms with Crippen LogP contribution in [-0.2, 0) is 0 Å². The molecule has 1 amide bonds. The molecule has 2 nitrogen and oxygen atoms in total. The second-order valence-electron chi connectivity index (χ2n) is 3.56. The van der Waals surface area contributed by atoms with Gasteiger partial charge in [-0.05, 0) is 36.4 Å². The number of hydrogen-bond donors (Lipinski definition) is 1. The Labute approximate surface area is 123 Å². The predicted molar refractivity (Wildman–Crippen MR) is 78.6 cm³/mol. The fourth-order valence-corrected chi connectivity index (χ4v) is 2.27. The van der Waals surface area contributed by atoms with E-state index in [-0.39, 0.29) is 11.5 Å². The van der Waals surface area contributed by atoms with Crippen LogP contribution in [0.15, 0.2) is 46.9 Å². The highest BCUT2D eigenvalue weighted by molar-refractivity contribution is 9.10. The summed E-state index contributed by atoms with van der Waals surface area (Å²) >= 11 is 15.3. The molecule has 0 saturated heterocycles. The number of nitrogens with one attached hydrogen (secondary N) is 1. The Bertz CT molecular complexity index is 564. The molecular weight excluding hydrogens is 337 g/mol. The van der Waals surface area contributed by atoms with E-state index in [1.165, 1.54) is 0 Å². The van der Waals surface area contributed by atoms with Crippen LogP contribution in [0.3, 0.4) is 0 Å². The summed E-state index contributed by atoms with van der Waals surface area (Å²) < 4.78 is 0.941. The molecule has 0 fully saturated rings. The molecule has 0 bridgehead atoms. The number of carbonyl (C=O) groups is 1. The highest BCUT2D eigenvalue weighted by Gasteiger charge is 2.14. The Hall–Kier alpha value is -1.03. The number of anilines is 1. The molecule has 0 aliphatic rings. The van der Waals surface area contributed by atoms with Crippen LogP contribution in [-0.4, -0.2) is 5.91 Å². The molecule has 0 aromatic heterocycles. The van der Waals surface area contributed by atoms with Crippen LogP contribution in [0, 0.1) is 0 Å². The Balaban J connectivity index is 2.25. The van der Waals surface area contributed by atoms with Crippen LogP contribution >= 0.6 is 39.1 Å². The summed E-state index contributed by atoms with van der Waals surface area (Å²) in [5, 5.41) is 3.40. The Morgan fingerprint density at radius 1 is 1.00 bits per heavy atom. The van der Waals surface area contributed by atoms with Gasteiger partial charge in [-0.15, -0.1) is 0 Å². The fraction of sp³-hybridized carbons (Fsp3) is 0. The van der Waals surface area contributed by atoms with Crippen molar-refractivity contribution in [1.82, 2.24) is 0 Å². The average Bonchev–Trinajstić information content (AvgIpc) is 2.32. The first kappa shape index (κ1) is 13.4. The third kappa shape index (κ3) is 3.05. The Morgan fingerprint density at radius 3 is 2.11 bits per heavy atom. The van der Waals surface area contributed by atoms with Gasteiger partial charge in [0.25, 0.3) is 5.91 Å². The molecule has 0 heterocycles. The molecule has 1 N–H and O–H groups in total. The molecule has 2 aromatic carbocycles. The maximum Gasteiger partial charge on any atom is 0.258 e. The van der Waals surface area contributed by atoms with Crippen molar-refractivity contribution in [3.8, 4) is 0 Å². The van der Waals surface area contributed by atoms with Gasteiger partial charge < -0.3 is 5.32 Å². The van der Waals surface area contributed by atoms with E-state index in [0.29, 0.717) is 15.7 Å². The van der Waals surface area contributed by atoms with Crippen molar-refractivity contribution in [1.29, 1.82) is 0 Å². The van der Waals surface area contributed by atoms with E-state index in [4.69, 9.17) is 23.2 Å². The van der Waals surface area contributed by atoms with Gasteiger partial charge in [-0.2, -0.15) is 0 Å². The van der Waals surface area contributed by atoms with E-state index in [2.05, 4.69) is 21.2 Å². The van der Waals surface area contributed by atoms with E-state index in [9.17, 15) is 4.79 Å². The Morgan fingerprint density at radius 2 is 1.56 bits per heavy atom. The first-order valence-electron chi connectivity index (χ1n) is 5.09. The van der Waals surface area contributed by atoms with Crippen molar-refractivity contribution < 1.29 is 4.79 Å². The molecule has 0 aliphatic heterocycles. The van der Waals surface area contributed by atoms with Gasteiger partial charge in [0.2, 0.25) is 0 Å². The molecule has 18 heavy (non-hydrogen) atoms. The summed E-state index contributed by atoms with van der Waals surface area (Å²) in [4.78, 5) is 12.0. The third-order valence-electron chi connectivity index (χ3n) is 2.29. The van der Waals surface area contributed by atoms with Gasteiger partial charge in [-0.1, -0.05) is 45.2 Å². The molecule has 92 valence electrons. The smallest absolute Gasteiger partial charge is 0.258 e. The van der Waals surface area contributed by atoms with E-state index in [0.717, 1.165) is 4.47 Å². The van der Waals surface area contributed by atoms with Crippen LogP contribution < -0.4 is 5.32 Å². The van der Waals surface area contributed by atoms with Crippen molar-refractivity contribution in [2.45, 2.75) is 0 Å². The highest BCUT2D eigenvalue weighted by atomic mass is 79.9. The summed E-state index contributed by atoms with van der Waals surface area (Å²) in [7, 11) is 0. The summed E-state index contributed by atoms with van der Waals surface area (Å²) in [5.74, 6) is -0.326. The van der Waals surface area contributed by atoms with Crippen molar-refractivity contribution in [2.75, 3.05) is 5.32 Å². The zero-order valence-corrected chi connectivity index (χ0v) is 12.2. The van der Waals surface area contributed by atoms with Crippen LogP contribution in [0.4, 0.5) is 5.69 Å². The van der Waals surface area contributed by atoms with Crippen LogP contribution in [0.5, 0.6) is 0 Å². The van der Waals surface area contributed by atoms with E-state index >= 15 is 0 Å². The lowest BCUT2D eigenvalue weighted by molar-refractivity contribution is 0.102. The summed E-state index contributed by atoms with van der Waals surface area (Å²) in [6.07, 6.45) is 0. The van der Waals surface area contributed by atoms with Crippen molar-refractivity contribution in [2.24, 2.45) is 0 Å². The van der Waals surface area contributed by atoms with E-state index in [1.807, 2.05) is 12.1 Å². The standard InChI is InChI=1S/C13H8BrCl2NO/c14-8-4-6-9(7-5-8)17-13(18)12-10(15)2-1-3-11(12)16/h1-7H,(H,17,18). The number of hydrogen-bond acceptors (Lipinski definition) is 1. The van der Waals surface area contributed by atoms with Crippen molar-refractivity contribution in [3.63, 3.8) is 0 Å². The molecular formula is C13H8BrCl2NO. The summed E-state index contributed by atoms with van der Waals surface area (Å²) in [5.41, 5.74) is 0.961. The molecule has 0 spiro atoms. The maximum atomic E-state index is 12.0. The number of amides is 1. The second-order valence-corrected chi connectivity index (χ2v) is 5.29. The van der Waals surface area contributed by atoms with E-state index in [1.54, 1.807) is 30.3 Å². The minimum atomic E-state index is -0.326. The number of benzene rings is 2. The Kier molecular flexibility index (Phi) is 4.27. The lowest BCUT2D eigenvalue weighted by atomic mass is 10.2. The van der Waals surface area contributed by atoms with Crippen LogP contribution in [0.25, 0.3) is 0 Å². The van der Waals surface area contributed by atoms with Crippen molar-refractivity contribution >= 4 is 50.7 Å². The highest BCUT2D eigenvalue weighted by Crippen LogP contribution is 2.25. The summed E-state index contributed by atoms with van der Waals surface area (Å²) in [6.45, 7) is 0. The van der Waals surface area contributed by atoms with Gasteiger partial charge in [-0.25, -0.2) is 0 Å². The minimum absolute atomic E-state index is 0.281. The van der Waals surface area contributed by atoms with Gasteiger partial charge in [-0.3, -0.25) is 4.79 Å². The minimum Gasteiger partial charge on any atom is -0.322 e. The molecule has 5 heteroatoms. The quantitative estimate of drug-likeness (QED) is 0.815. The first-order chi connectivity index (χ1) is 8.58. The zero-order valence-electron chi connectivity index (χ0n) is 9.08. The van der Waals surface area contributed by atoms with Gasteiger partial charge in [0.15, 0.2) is 0 Å². The maximum absolute atomic E-state index is 12.0. The number of rotatable bonds is 2. The molecule has 2 rings (SSSR count). The van der Waals surface area contributed by atoms with Gasteiger partial charge in [0.05, 0.1) is 15.6 Å². The molecule has 2 aromatic rings. The average molecular weight is 345 g/mol. The monoisotopic (exact) mass is 343 g/mol. The molecule has 0 radical (unpaired) electrons. The SMILES string of the molecule is O=C(Nc1ccc(Br)cc1)c1c(Cl)cccc1Cl. The van der Waals surface area contributed by atoms with Gasteiger partial charge >= 0.3 is 0 Å². The lowest BCUT2D eigenvalue weighted by Gasteiger charge is -2.08. The van der Waals surface area contributed by atoms with Gasteiger partial charge in [0.1, 0.15) is 0 Å². The normalized spacial score (nSPS) is 10.2. The van der Waals surface area contributed by atoms with Crippen LogP contribution in [0.2, 0.25) is 10.0 Å². The zero-order chi connectivity index (χ0) is 13.1. The van der Waals surface area contributed by atoms with Crippen LogP contribution in [0.1, 0.15) is 10.4 Å². The third-order valence-corrected chi connectivity index (χ3v) is 3.45. The molecule has 0 aliphatic carbocycles. The number of carbonyl (C=O) groups excluding carboxylic acids is 1. The van der Waals surface area contributed by atoms with Crippen molar-refractivity contribution in [3.05, 3.63) is 62.5 Å². The molecule has 0 atom stereocenters. The topological polar surface area (TPSA) is 29.1 Å². The lowest BCUT2D eigenvalue weighted by Crippen LogP contribution is -2.13. The number of halogens is 3. The molecule has 0 unspecified atom stereocenters. The first-order valence-corrected chi connectivity index (χ1v) is 6.64. The fourth-order valence-electron chi connectivity index (χ4n) is 1.44.